The average Bonchev–Trinajstić information content (AvgIpc) is 3.10. The summed E-state index contributed by atoms with van der Waals surface area (Å²) in [7, 11) is 0. The van der Waals surface area contributed by atoms with Gasteiger partial charge in [0.1, 0.15) is 6.10 Å². The number of carboxylic acids is 1. The van der Waals surface area contributed by atoms with Gasteiger partial charge in [-0.3, -0.25) is 9.59 Å². The minimum absolute atomic E-state index is 0.0332. The Hall–Kier alpha value is -1.58. The van der Waals surface area contributed by atoms with Crippen LogP contribution in [0.1, 0.15) is 251 Å². The second kappa shape index (κ2) is 41.8. The Morgan fingerprint density at radius 3 is 1.22 bits per heavy atom. The molecule has 294 valence electrons. The quantitative estimate of drug-likeness (QED) is 0.0391. The first-order valence-electron chi connectivity index (χ1n) is 22.3. The molecule has 0 amide bonds. The smallest absolute Gasteiger partial charge is 0.306 e. The van der Waals surface area contributed by atoms with E-state index in [0.29, 0.717) is 12.8 Å². The van der Waals surface area contributed by atoms with E-state index >= 15 is 0 Å². The van der Waals surface area contributed by atoms with Gasteiger partial charge in [-0.15, -0.1) is 0 Å². The molecule has 0 aromatic carbocycles. The van der Waals surface area contributed by atoms with E-state index in [2.05, 4.69) is 38.2 Å². The lowest BCUT2D eigenvalue weighted by Crippen LogP contribution is -2.18. The summed E-state index contributed by atoms with van der Waals surface area (Å²) in [5, 5.41) is 8.75. The molecule has 4 nitrogen and oxygen atoms in total. The van der Waals surface area contributed by atoms with E-state index < -0.39 is 5.97 Å². The van der Waals surface area contributed by atoms with E-state index in [4.69, 9.17) is 9.84 Å². The molecule has 0 heterocycles. The summed E-state index contributed by atoms with van der Waals surface area (Å²) < 4.78 is 6.07. The number of esters is 1. The predicted octanol–water partition coefficient (Wildman–Crippen LogP) is 15.6. The number of ether oxygens (including phenoxy) is 1. The zero-order valence-corrected chi connectivity index (χ0v) is 33.7. The number of unbranched alkanes of at least 4 members (excludes halogenated alkanes) is 28. The molecule has 0 aliphatic rings. The van der Waals surface area contributed by atoms with Crippen molar-refractivity contribution in [2.24, 2.45) is 0 Å². The monoisotopic (exact) mass is 703 g/mol. The third kappa shape index (κ3) is 40.8. The number of hydrogen-bond acceptors (Lipinski definition) is 3. The second-order valence-electron chi connectivity index (χ2n) is 15.2. The Morgan fingerprint density at radius 2 is 0.780 bits per heavy atom. The summed E-state index contributed by atoms with van der Waals surface area (Å²) in [4.78, 5) is 23.4. The fraction of sp³-hybridized carbons (Fsp3) is 0.870. The van der Waals surface area contributed by atoms with Crippen LogP contribution in [-0.4, -0.2) is 23.1 Å². The largest absolute Gasteiger partial charge is 0.481 e. The van der Waals surface area contributed by atoms with Crippen molar-refractivity contribution in [2.75, 3.05) is 0 Å². The summed E-state index contributed by atoms with van der Waals surface area (Å²) in [6.45, 7) is 4.54. The molecule has 0 aliphatic heterocycles. The Kier molecular flexibility index (Phi) is 40.5. The van der Waals surface area contributed by atoms with Crippen LogP contribution in [0.15, 0.2) is 24.3 Å². The molecule has 0 spiro atoms. The van der Waals surface area contributed by atoms with Crippen molar-refractivity contribution in [3.63, 3.8) is 0 Å². The van der Waals surface area contributed by atoms with E-state index in [1.807, 2.05) is 0 Å². The van der Waals surface area contributed by atoms with Crippen LogP contribution in [0.25, 0.3) is 0 Å². The highest BCUT2D eigenvalue weighted by Crippen LogP contribution is 2.19. The lowest BCUT2D eigenvalue weighted by Gasteiger charge is -2.18. The van der Waals surface area contributed by atoms with Crippen LogP contribution in [-0.2, 0) is 14.3 Å². The predicted molar refractivity (Wildman–Crippen MR) is 218 cm³/mol. The maximum absolute atomic E-state index is 12.8. The molecular formula is C46H86O4. The standard InChI is InChI=1S/C46H86O4/c1-3-5-7-9-11-13-14-15-16-17-18-19-20-21-22-27-31-35-39-43-46(49)50-44(40-36-32-28-24-12-10-8-6-4-2)41-37-33-29-25-23-26-30-34-38-42-45(47)48/h11,13,15-16,44H,3-10,12,14,17-43H2,1-2H3,(H,47,48)/b13-11-,16-15-. The van der Waals surface area contributed by atoms with E-state index in [0.717, 1.165) is 57.8 Å². The topological polar surface area (TPSA) is 63.6 Å². The molecule has 1 unspecified atom stereocenters. The summed E-state index contributed by atoms with van der Waals surface area (Å²) in [6.07, 6.45) is 53.6. The Balaban J connectivity index is 3.98. The molecule has 4 heteroatoms. The molecule has 0 bridgehead atoms. The van der Waals surface area contributed by atoms with Crippen molar-refractivity contribution in [1.82, 2.24) is 0 Å². The van der Waals surface area contributed by atoms with Crippen molar-refractivity contribution < 1.29 is 19.4 Å². The van der Waals surface area contributed by atoms with Gasteiger partial charge < -0.3 is 9.84 Å². The number of carboxylic acid groups (broad SMARTS) is 1. The van der Waals surface area contributed by atoms with Gasteiger partial charge in [0.05, 0.1) is 0 Å². The minimum Gasteiger partial charge on any atom is -0.481 e. The first-order chi connectivity index (χ1) is 24.6. The fourth-order valence-electron chi connectivity index (χ4n) is 6.86. The number of allylic oxidation sites excluding steroid dienone is 4. The number of hydrogen-bond donors (Lipinski definition) is 1. The van der Waals surface area contributed by atoms with Crippen molar-refractivity contribution in [3.05, 3.63) is 24.3 Å². The van der Waals surface area contributed by atoms with Gasteiger partial charge in [-0.05, 0) is 70.6 Å². The van der Waals surface area contributed by atoms with Crippen LogP contribution in [0.4, 0.5) is 0 Å². The van der Waals surface area contributed by atoms with E-state index in [9.17, 15) is 9.59 Å². The molecule has 0 rings (SSSR count). The maximum Gasteiger partial charge on any atom is 0.306 e. The highest BCUT2D eigenvalue weighted by molar-refractivity contribution is 5.69. The normalized spacial score (nSPS) is 12.4. The molecule has 0 aromatic rings. The van der Waals surface area contributed by atoms with Gasteiger partial charge in [-0.1, -0.05) is 192 Å². The van der Waals surface area contributed by atoms with Gasteiger partial charge >= 0.3 is 11.9 Å². The molecule has 0 saturated carbocycles. The lowest BCUT2D eigenvalue weighted by atomic mass is 10.0. The molecule has 1 N–H and O–H groups in total. The summed E-state index contributed by atoms with van der Waals surface area (Å²) in [5.74, 6) is -0.643. The molecule has 0 radical (unpaired) electrons. The molecular weight excluding hydrogens is 617 g/mol. The average molecular weight is 703 g/mol. The van der Waals surface area contributed by atoms with Crippen molar-refractivity contribution in [3.8, 4) is 0 Å². The van der Waals surface area contributed by atoms with Crippen molar-refractivity contribution in [1.29, 1.82) is 0 Å². The third-order valence-corrected chi connectivity index (χ3v) is 10.2. The summed E-state index contributed by atoms with van der Waals surface area (Å²) in [6, 6.07) is 0. The highest BCUT2D eigenvalue weighted by Gasteiger charge is 2.14. The Morgan fingerprint density at radius 1 is 0.440 bits per heavy atom. The number of carbonyl (C=O) groups excluding carboxylic acids is 1. The molecule has 50 heavy (non-hydrogen) atoms. The van der Waals surface area contributed by atoms with Gasteiger partial charge in [0.2, 0.25) is 0 Å². The molecule has 0 aromatic heterocycles. The van der Waals surface area contributed by atoms with Gasteiger partial charge in [-0.25, -0.2) is 0 Å². The lowest BCUT2D eigenvalue weighted by molar-refractivity contribution is -0.150. The summed E-state index contributed by atoms with van der Waals surface area (Å²) in [5.41, 5.74) is 0. The number of rotatable bonds is 41. The fourth-order valence-corrected chi connectivity index (χ4v) is 6.86. The van der Waals surface area contributed by atoms with Crippen LogP contribution >= 0.6 is 0 Å². The van der Waals surface area contributed by atoms with Crippen LogP contribution in [0.2, 0.25) is 0 Å². The van der Waals surface area contributed by atoms with E-state index in [1.165, 1.54) is 167 Å². The maximum atomic E-state index is 12.8. The van der Waals surface area contributed by atoms with E-state index in [-0.39, 0.29) is 12.1 Å². The van der Waals surface area contributed by atoms with Gasteiger partial charge in [0, 0.05) is 12.8 Å². The first-order valence-corrected chi connectivity index (χ1v) is 22.3. The second-order valence-corrected chi connectivity index (χ2v) is 15.2. The number of carbonyl (C=O) groups is 2. The van der Waals surface area contributed by atoms with E-state index in [1.54, 1.807) is 0 Å². The van der Waals surface area contributed by atoms with Crippen LogP contribution in [0, 0.1) is 0 Å². The molecule has 1 atom stereocenters. The van der Waals surface area contributed by atoms with Crippen LogP contribution < -0.4 is 0 Å². The first kappa shape index (κ1) is 48.4. The zero-order valence-electron chi connectivity index (χ0n) is 33.7. The van der Waals surface area contributed by atoms with Crippen molar-refractivity contribution >= 4 is 11.9 Å². The Bertz CT molecular complexity index is 757. The van der Waals surface area contributed by atoms with Crippen LogP contribution in [0.3, 0.4) is 0 Å². The van der Waals surface area contributed by atoms with Crippen LogP contribution in [0.5, 0.6) is 0 Å². The van der Waals surface area contributed by atoms with Gasteiger partial charge in [0.25, 0.3) is 0 Å². The minimum atomic E-state index is -0.676. The zero-order chi connectivity index (χ0) is 36.4. The molecule has 0 aliphatic carbocycles. The van der Waals surface area contributed by atoms with Gasteiger partial charge in [0.15, 0.2) is 0 Å². The molecule has 0 saturated heterocycles. The van der Waals surface area contributed by atoms with Crippen molar-refractivity contribution in [2.45, 2.75) is 258 Å². The Labute approximate surface area is 312 Å². The third-order valence-electron chi connectivity index (χ3n) is 10.2. The molecule has 0 fully saturated rings. The SMILES string of the molecule is CCCCC/C=C\C/C=C\CCCCCCCCCCCC(=O)OC(CCCCCCCCCCC)CCCCCCCCCCCC(=O)O. The highest BCUT2D eigenvalue weighted by atomic mass is 16.5. The van der Waals surface area contributed by atoms with Gasteiger partial charge in [-0.2, -0.15) is 0 Å². The number of aliphatic carboxylic acids is 1. The summed E-state index contributed by atoms with van der Waals surface area (Å²) >= 11 is 0.